The standard InChI is InChI=1S/C20H24O6/c1-11-9-14-5-4-6-15(21)19(24)16(22)8-7-12(2)13(3)26-20(25)18(14)17(23)10-11/h4-5,7-10,12-13,15,19,21,23-24H,6H2,1-3H3/b5-4+,8-7+/t12-,13+,15+,19-/m1/s1. The van der Waals surface area contributed by atoms with Crippen molar-refractivity contribution in [2.45, 2.75) is 45.5 Å². The van der Waals surface area contributed by atoms with E-state index >= 15 is 0 Å². The summed E-state index contributed by atoms with van der Waals surface area (Å²) in [5.74, 6) is -1.77. The highest BCUT2D eigenvalue weighted by molar-refractivity contribution is 5.97. The lowest BCUT2D eigenvalue weighted by Crippen LogP contribution is -2.32. The highest BCUT2D eigenvalue weighted by Gasteiger charge is 2.24. The number of rotatable bonds is 0. The van der Waals surface area contributed by atoms with Gasteiger partial charge in [0.2, 0.25) is 0 Å². The van der Waals surface area contributed by atoms with E-state index in [1.54, 1.807) is 32.9 Å². The minimum absolute atomic E-state index is 0.00982. The predicted octanol–water partition coefficient (Wildman–Crippen LogP) is 2.15. The van der Waals surface area contributed by atoms with E-state index in [0.29, 0.717) is 5.56 Å². The van der Waals surface area contributed by atoms with E-state index in [2.05, 4.69) is 0 Å². The van der Waals surface area contributed by atoms with Crippen molar-refractivity contribution in [1.29, 1.82) is 0 Å². The third kappa shape index (κ3) is 4.59. The fourth-order valence-corrected chi connectivity index (χ4v) is 2.64. The van der Waals surface area contributed by atoms with E-state index in [0.717, 1.165) is 5.56 Å². The zero-order valence-corrected chi connectivity index (χ0v) is 15.0. The molecule has 1 aliphatic rings. The highest BCUT2D eigenvalue weighted by Crippen LogP contribution is 2.27. The number of aliphatic hydroxyl groups excluding tert-OH is 2. The third-order valence-electron chi connectivity index (χ3n) is 4.42. The van der Waals surface area contributed by atoms with Crippen molar-refractivity contribution < 1.29 is 29.6 Å². The molecular weight excluding hydrogens is 336 g/mol. The summed E-state index contributed by atoms with van der Waals surface area (Å²) in [6.07, 6.45) is 2.44. The van der Waals surface area contributed by atoms with Gasteiger partial charge in [-0.05, 0) is 43.5 Å². The van der Waals surface area contributed by atoms with E-state index in [9.17, 15) is 24.9 Å². The molecule has 0 saturated carbocycles. The van der Waals surface area contributed by atoms with Crippen molar-refractivity contribution in [3.63, 3.8) is 0 Å². The number of carbonyl (C=O) groups excluding carboxylic acids is 2. The molecule has 0 aliphatic carbocycles. The van der Waals surface area contributed by atoms with Crippen LogP contribution in [0.3, 0.4) is 0 Å². The number of aromatic hydroxyl groups is 1. The minimum atomic E-state index is -1.53. The second-order valence-electron chi connectivity index (χ2n) is 6.63. The first-order chi connectivity index (χ1) is 12.2. The number of fused-ring (bicyclic) bond motifs is 1. The molecule has 26 heavy (non-hydrogen) atoms. The zero-order valence-electron chi connectivity index (χ0n) is 15.0. The second-order valence-corrected chi connectivity index (χ2v) is 6.63. The van der Waals surface area contributed by atoms with Crippen molar-refractivity contribution in [3.8, 4) is 5.75 Å². The maximum Gasteiger partial charge on any atom is 0.342 e. The first kappa shape index (κ1) is 19.9. The van der Waals surface area contributed by atoms with E-state index in [1.165, 1.54) is 24.3 Å². The van der Waals surface area contributed by atoms with Gasteiger partial charge in [0, 0.05) is 5.92 Å². The number of phenolic OH excluding ortho intramolecular Hbond substituents is 1. The number of cyclic esters (lactones) is 1. The molecule has 1 aromatic rings. The highest BCUT2D eigenvalue weighted by atomic mass is 16.5. The SMILES string of the molecule is Cc1cc(O)c2c(c1)/C=C/C[C@H](O)[C@@H](O)C(=O)/C=C/[C@@H](C)[C@H](C)OC2=O. The summed E-state index contributed by atoms with van der Waals surface area (Å²) in [5, 5.41) is 30.1. The predicted molar refractivity (Wildman–Crippen MR) is 96.7 cm³/mol. The van der Waals surface area contributed by atoms with Crippen molar-refractivity contribution in [2.24, 2.45) is 5.92 Å². The number of esters is 1. The quantitative estimate of drug-likeness (QED) is 0.613. The Morgan fingerprint density at radius 1 is 1.12 bits per heavy atom. The lowest BCUT2D eigenvalue weighted by Gasteiger charge is -2.20. The van der Waals surface area contributed by atoms with Crippen LogP contribution in [0, 0.1) is 12.8 Å². The number of ether oxygens (including phenoxy) is 1. The molecule has 0 aromatic heterocycles. The maximum absolute atomic E-state index is 12.5. The van der Waals surface area contributed by atoms with Gasteiger partial charge in [0.15, 0.2) is 5.78 Å². The van der Waals surface area contributed by atoms with Gasteiger partial charge >= 0.3 is 5.97 Å². The van der Waals surface area contributed by atoms with Crippen LogP contribution in [-0.2, 0) is 9.53 Å². The summed E-state index contributed by atoms with van der Waals surface area (Å²) in [6.45, 7) is 5.21. The summed E-state index contributed by atoms with van der Waals surface area (Å²) < 4.78 is 5.43. The number of hydrogen-bond acceptors (Lipinski definition) is 6. The molecule has 6 heteroatoms. The average Bonchev–Trinajstić information content (AvgIpc) is 2.56. The monoisotopic (exact) mass is 360 g/mol. The average molecular weight is 360 g/mol. The zero-order chi connectivity index (χ0) is 19.4. The van der Waals surface area contributed by atoms with E-state index in [1.807, 2.05) is 0 Å². The Bertz CT molecular complexity index is 749. The molecule has 0 saturated heterocycles. The van der Waals surface area contributed by atoms with Crippen LogP contribution in [-0.4, -0.2) is 45.4 Å². The molecule has 1 aromatic carbocycles. The molecule has 0 unspecified atom stereocenters. The summed E-state index contributed by atoms with van der Waals surface area (Å²) >= 11 is 0. The molecule has 0 fully saturated rings. The van der Waals surface area contributed by atoms with Crippen LogP contribution in [0.5, 0.6) is 5.75 Å². The lowest BCUT2D eigenvalue weighted by atomic mass is 9.99. The smallest absolute Gasteiger partial charge is 0.342 e. The summed E-state index contributed by atoms with van der Waals surface area (Å²) in [4.78, 5) is 24.5. The molecule has 2 rings (SSSR count). The minimum Gasteiger partial charge on any atom is -0.507 e. The number of carbonyl (C=O) groups is 2. The molecule has 3 N–H and O–H groups in total. The fourth-order valence-electron chi connectivity index (χ4n) is 2.64. The molecule has 0 spiro atoms. The Labute approximate surface area is 152 Å². The molecule has 140 valence electrons. The van der Waals surface area contributed by atoms with Crippen molar-refractivity contribution >= 4 is 17.8 Å². The molecule has 0 bridgehead atoms. The number of benzene rings is 1. The van der Waals surface area contributed by atoms with Gasteiger partial charge in [-0.2, -0.15) is 0 Å². The molecule has 6 nitrogen and oxygen atoms in total. The summed E-state index contributed by atoms with van der Waals surface area (Å²) in [5.41, 5.74) is 1.23. The molecule has 4 atom stereocenters. The second kappa shape index (κ2) is 8.29. The Balaban J connectivity index is 2.48. The van der Waals surface area contributed by atoms with Crippen molar-refractivity contribution in [2.75, 3.05) is 0 Å². The largest absolute Gasteiger partial charge is 0.507 e. The first-order valence-corrected chi connectivity index (χ1v) is 8.50. The van der Waals surface area contributed by atoms with Gasteiger partial charge in [-0.15, -0.1) is 0 Å². The van der Waals surface area contributed by atoms with Gasteiger partial charge in [-0.1, -0.05) is 31.2 Å². The Kier molecular flexibility index (Phi) is 6.34. The Morgan fingerprint density at radius 2 is 1.81 bits per heavy atom. The van der Waals surface area contributed by atoms with Crippen LogP contribution < -0.4 is 0 Å². The van der Waals surface area contributed by atoms with Gasteiger partial charge in [-0.25, -0.2) is 4.79 Å². The van der Waals surface area contributed by atoms with Crippen LogP contribution in [0.1, 0.15) is 41.8 Å². The van der Waals surface area contributed by atoms with Crippen LogP contribution in [0.2, 0.25) is 0 Å². The van der Waals surface area contributed by atoms with Crippen LogP contribution in [0.25, 0.3) is 6.08 Å². The number of hydrogen-bond donors (Lipinski definition) is 3. The molecule has 0 radical (unpaired) electrons. The van der Waals surface area contributed by atoms with Gasteiger partial charge in [-0.3, -0.25) is 4.79 Å². The molecule has 0 amide bonds. The fraction of sp³-hybridized carbons (Fsp3) is 0.400. The molecular formula is C20H24O6. The normalized spacial score (nSPS) is 30.0. The Hall–Kier alpha value is -2.44. The number of aliphatic hydroxyl groups is 2. The summed E-state index contributed by atoms with van der Waals surface area (Å²) in [7, 11) is 0. The van der Waals surface area contributed by atoms with Crippen LogP contribution >= 0.6 is 0 Å². The van der Waals surface area contributed by atoms with Gasteiger partial charge in [0.25, 0.3) is 0 Å². The van der Waals surface area contributed by atoms with Crippen LogP contribution in [0.15, 0.2) is 30.4 Å². The van der Waals surface area contributed by atoms with Crippen molar-refractivity contribution in [3.05, 3.63) is 47.1 Å². The topological polar surface area (TPSA) is 104 Å². The molecule has 1 heterocycles. The van der Waals surface area contributed by atoms with Crippen LogP contribution in [0.4, 0.5) is 0 Å². The molecule has 1 aliphatic heterocycles. The lowest BCUT2D eigenvalue weighted by molar-refractivity contribution is -0.127. The number of phenols is 1. The van der Waals surface area contributed by atoms with Gasteiger partial charge in [0.05, 0.1) is 6.10 Å². The number of ketones is 1. The third-order valence-corrected chi connectivity index (χ3v) is 4.42. The van der Waals surface area contributed by atoms with E-state index in [4.69, 9.17) is 4.74 Å². The van der Waals surface area contributed by atoms with Gasteiger partial charge in [0.1, 0.15) is 23.5 Å². The van der Waals surface area contributed by atoms with E-state index in [-0.39, 0.29) is 23.7 Å². The van der Waals surface area contributed by atoms with Gasteiger partial charge < -0.3 is 20.1 Å². The van der Waals surface area contributed by atoms with E-state index < -0.39 is 30.1 Å². The maximum atomic E-state index is 12.5. The summed E-state index contributed by atoms with van der Waals surface area (Å²) in [6, 6.07) is 3.18. The number of aryl methyl sites for hydroxylation is 1. The first-order valence-electron chi connectivity index (χ1n) is 8.50. The van der Waals surface area contributed by atoms with Crippen molar-refractivity contribution in [1.82, 2.24) is 0 Å². The Morgan fingerprint density at radius 3 is 2.50 bits per heavy atom.